The summed E-state index contributed by atoms with van der Waals surface area (Å²) < 4.78 is 2.40. The van der Waals surface area contributed by atoms with Gasteiger partial charge >= 0.3 is 0 Å². The minimum absolute atomic E-state index is 0.0182. The van der Waals surface area contributed by atoms with Crippen LogP contribution in [0.4, 0.5) is 10.8 Å². The van der Waals surface area contributed by atoms with Crippen molar-refractivity contribution in [3.05, 3.63) is 33.8 Å². The van der Waals surface area contributed by atoms with E-state index in [0.29, 0.717) is 16.5 Å². The van der Waals surface area contributed by atoms with Crippen molar-refractivity contribution in [2.75, 3.05) is 18.9 Å². The number of anilines is 2. The normalized spacial score (nSPS) is 11.9. The molecule has 2 N–H and O–H groups in total. The van der Waals surface area contributed by atoms with Gasteiger partial charge in [-0.15, -0.1) is 5.10 Å². The number of aromatic nitrogens is 2. The van der Waals surface area contributed by atoms with Gasteiger partial charge in [-0.3, -0.25) is 9.69 Å². The van der Waals surface area contributed by atoms with Gasteiger partial charge in [0.2, 0.25) is 11.0 Å². The van der Waals surface area contributed by atoms with Crippen molar-refractivity contribution in [3.8, 4) is 0 Å². The van der Waals surface area contributed by atoms with Crippen LogP contribution in [0.5, 0.6) is 0 Å². The van der Waals surface area contributed by atoms with Gasteiger partial charge in [0.1, 0.15) is 0 Å². The average Bonchev–Trinajstić information content (AvgIpc) is 2.85. The number of nitrogens with one attached hydrogen (secondary N) is 2. The summed E-state index contributed by atoms with van der Waals surface area (Å²) in [6, 6.07) is 8.33. The molecule has 27 heavy (non-hydrogen) atoms. The fourth-order valence-corrected chi connectivity index (χ4v) is 3.52. The smallest absolute Gasteiger partial charge is 0.234 e. The Morgan fingerprint density at radius 2 is 1.93 bits per heavy atom. The monoisotopic (exact) mass is 407 g/mol. The van der Waals surface area contributed by atoms with Gasteiger partial charge in [-0.1, -0.05) is 37.3 Å². The topological polar surface area (TPSA) is 62.2 Å². The Morgan fingerprint density at radius 3 is 2.48 bits per heavy atom. The number of rotatable bonds is 7. The van der Waals surface area contributed by atoms with Crippen LogP contribution in [0.25, 0.3) is 0 Å². The highest BCUT2D eigenvalue weighted by Gasteiger charge is 2.16. The molecule has 0 unspecified atom stereocenters. The Hall–Kier alpha value is -1.77. The summed E-state index contributed by atoms with van der Waals surface area (Å²) in [5.74, 6) is 0.488. The van der Waals surface area contributed by atoms with E-state index in [9.17, 15) is 4.79 Å². The molecule has 2 aromatic rings. The Kier molecular flexibility index (Phi) is 7.13. The van der Waals surface area contributed by atoms with Crippen LogP contribution >= 0.6 is 23.6 Å². The van der Waals surface area contributed by atoms with Crippen molar-refractivity contribution in [3.63, 3.8) is 0 Å². The van der Waals surface area contributed by atoms with E-state index in [-0.39, 0.29) is 18.0 Å². The molecule has 0 fully saturated rings. The van der Waals surface area contributed by atoms with Crippen LogP contribution in [0.2, 0.25) is 0 Å². The lowest BCUT2D eigenvalue weighted by Crippen LogP contribution is -2.45. The highest BCUT2D eigenvalue weighted by atomic mass is 32.1. The molecule has 1 aromatic heterocycles. The molecule has 0 saturated heterocycles. The molecule has 1 amide bonds. The van der Waals surface area contributed by atoms with Gasteiger partial charge in [0.25, 0.3) is 0 Å². The molecule has 0 spiro atoms. The maximum atomic E-state index is 12.0. The molecule has 0 saturated carbocycles. The molecule has 1 aromatic carbocycles. The van der Waals surface area contributed by atoms with Crippen molar-refractivity contribution in [1.29, 1.82) is 0 Å². The zero-order valence-corrected chi connectivity index (χ0v) is 18.5. The van der Waals surface area contributed by atoms with Crippen LogP contribution in [0.15, 0.2) is 24.3 Å². The maximum absolute atomic E-state index is 12.0. The first-order chi connectivity index (χ1) is 12.5. The molecule has 0 radical (unpaired) electrons. The molecular weight excluding hydrogens is 378 g/mol. The zero-order valence-electron chi connectivity index (χ0n) is 16.9. The lowest BCUT2D eigenvalue weighted by atomic mass is 10.0. The molecule has 2 rings (SSSR count). The summed E-state index contributed by atoms with van der Waals surface area (Å²) in [6.45, 7) is 11.0. The summed E-state index contributed by atoms with van der Waals surface area (Å²) in [4.78, 5) is 13.9. The highest BCUT2D eigenvalue weighted by Crippen LogP contribution is 2.22. The molecule has 0 bridgehead atoms. The average molecular weight is 408 g/mol. The molecule has 148 valence electrons. The molecule has 0 aliphatic rings. The van der Waals surface area contributed by atoms with Gasteiger partial charge in [-0.05, 0) is 63.7 Å². The fourth-order valence-electron chi connectivity index (χ4n) is 2.50. The minimum Gasteiger partial charge on any atom is -0.350 e. The third-order valence-corrected chi connectivity index (χ3v) is 4.96. The van der Waals surface area contributed by atoms with Crippen LogP contribution in [0.3, 0.4) is 0 Å². The van der Waals surface area contributed by atoms with Gasteiger partial charge in [-0.2, -0.15) is 0 Å². The number of carbonyl (C=O) groups is 1. The summed E-state index contributed by atoms with van der Waals surface area (Å²) in [7, 11) is 1.88. The largest absolute Gasteiger partial charge is 0.350 e. The molecular formula is C19H29N5OS2. The lowest BCUT2D eigenvalue weighted by Gasteiger charge is -2.23. The molecule has 1 heterocycles. The van der Waals surface area contributed by atoms with Gasteiger partial charge in [0, 0.05) is 11.2 Å². The van der Waals surface area contributed by atoms with E-state index in [1.807, 2.05) is 44.9 Å². The van der Waals surface area contributed by atoms with Crippen LogP contribution in [0.1, 0.15) is 46.1 Å². The van der Waals surface area contributed by atoms with Gasteiger partial charge < -0.3 is 10.6 Å². The highest BCUT2D eigenvalue weighted by molar-refractivity contribution is 7.73. The first kappa shape index (κ1) is 21.5. The number of carbonyl (C=O) groups excluding carboxylic acids is 1. The number of hydrogen-bond donors (Lipinski definition) is 2. The number of likely N-dealkylation sites (N-methyl/N-ethyl adjacent to an activating group) is 1. The first-order valence-corrected chi connectivity index (χ1v) is 10.2. The summed E-state index contributed by atoms with van der Waals surface area (Å²) in [5.41, 5.74) is 2.04. The Labute approximate surface area is 170 Å². The van der Waals surface area contributed by atoms with Crippen LogP contribution in [0, 0.1) is 3.95 Å². The molecule has 6 nitrogen and oxygen atoms in total. The van der Waals surface area contributed by atoms with Crippen molar-refractivity contribution in [2.24, 2.45) is 0 Å². The molecule has 8 heteroatoms. The van der Waals surface area contributed by atoms with E-state index in [4.69, 9.17) is 12.2 Å². The number of amides is 1. The van der Waals surface area contributed by atoms with Crippen molar-refractivity contribution in [1.82, 2.24) is 20.0 Å². The van der Waals surface area contributed by atoms with E-state index in [2.05, 4.69) is 41.7 Å². The summed E-state index contributed by atoms with van der Waals surface area (Å²) in [5, 5.41) is 11.5. The predicted molar refractivity (Wildman–Crippen MR) is 115 cm³/mol. The van der Waals surface area contributed by atoms with E-state index in [0.717, 1.165) is 10.8 Å². The van der Waals surface area contributed by atoms with Crippen LogP contribution < -0.4 is 10.6 Å². The second-order valence-electron chi connectivity index (χ2n) is 8.03. The van der Waals surface area contributed by atoms with E-state index in [1.54, 1.807) is 4.68 Å². The first-order valence-electron chi connectivity index (χ1n) is 8.98. The van der Waals surface area contributed by atoms with Crippen molar-refractivity contribution < 1.29 is 4.79 Å². The molecule has 0 atom stereocenters. The maximum Gasteiger partial charge on any atom is 0.234 e. The predicted octanol–water partition coefficient (Wildman–Crippen LogP) is 4.35. The number of nitrogens with zero attached hydrogens (tertiary/aromatic N) is 3. The third kappa shape index (κ3) is 7.04. The van der Waals surface area contributed by atoms with Crippen molar-refractivity contribution >= 4 is 40.3 Å². The summed E-state index contributed by atoms with van der Waals surface area (Å²) in [6.07, 6.45) is 0. The molecule has 0 aliphatic carbocycles. The lowest BCUT2D eigenvalue weighted by molar-refractivity contribution is -0.123. The zero-order chi connectivity index (χ0) is 20.2. The number of hydrogen-bond acceptors (Lipinski definition) is 6. The summed E-state index contributed by atoms with van der Waals surface area (Å²) >= 11 is 6.83. The Bertz CT molecular complexity index is 818. The SMILES string of the molecule is CC(C)c1ccc(Nc2nn(CN(C)CC(=O)NC(C)(C)C)c(=S)s2)cc1. The van der Waals surface area contributed by atoms with Gasteiger partial charge in [-0.25, -0.2) is 4.68 Å². The van der Waals surface area contributed by atoms with E-state index < -0.39 is 0 Å². The van der Waals surface area contributed by atoms with Crippen molar-refractivity contribution in [2.45, 2.75) is 52.7 Å². The quantitative estimate of drug-likeness (QED) is 0.668. The van der Waals surface area contributed by atoms with Crippen LogP contribution in [-0.4, -0.2) is 39.7 Å². The standard InChI is InChI=1S/C19H29N5OS2/c1-13(2)14-7-9-15(10-8-14)20-17-22-24(18(26)27-17)12-23(6)11-16(25)21-19(3,4)5/h7-10,13H,11-12H2,1-6H3,(H,20,22)(H,21,25). The third-order valence-electron chi connectivity index (χ3n) is 3.74. The Balaban J connectivity index is 1.97. The Morgan fingerprint density at radius 1 is 1.30 bits per heavy atom. The van der Waals surface area contributed by atoms with E-state index in [1.165, 1.54) is 16.9 Å². The fraction of sp³-hybridized carbons (Fsp3) is 0.526. The van der Waals surface area contributed by atoms with E-state index >= 15 is 0 Å². The van der Waals surface area contributed by atoms with Gasteiger partial charge in [0.15, 0.2) is 3.95 Å². The van der Waals surface area contributed by atoms with Gasteiger partial charge in [0.05, 0.1) is 13.2 Å². The second kappa shape index (κ2) is 8.95. The number of benzene rings is 1. The molecule has 0 aliphatic heterocycles. The van der Waals surface area contributed by atoms with Crippen LogP contribution in [-0.2, 0) is 11.5 Å². The second-order valence-corrected chi connectivity index (χ2v) is 9.65. The minimum atomic E-state index is -0.239.